The third-order valence-electron chi connectivity index (χ3n) is 4.09. The van der Waals surface area contributed by atoms with Gasteiger partial charge in [0.25, 0.3) is 0 Å². The number of carboxylic acids is 1. The van der Waals surface area contributed by atoms with E-state index in [9.17, 15) is 14.7 Å². The van der Waals surface area contributed by atoms with E-state index in [4.69, 9.17) is 0 Å². The molecule has 0 bridgehead atoms. The predicted molar refractivity (Wildman–Crippen MR) is 73.1 cm³/mol. The summed E-state index contributed by atoms with van der Waals surface area (Å²) >= 11 is 0. The maximum absolute atomic E-state index is 12.4. The van der Waals surface area contributed by atoms with Gasteiger partial charge < -0.3 is 15.4 Å². The Kier molecular flexibility index (Phi) is 4.42. The van der Waals surface area contributed by atoms with Gasteiger partial charge >= 0.3 is 5.97 Å². The largest absolute Gasteiger partial charge is 0.480 e. The molecule has 2 rings (SSSR count). The Bertz CT molecular complexity index is 464. The maximum atomic E-state index is 12.4. The minimum atomic E-state index is -1.02. The Morgan fingerprint density at radius 2 is 2.15 bits per heavy atom. The van der Waals surface area contributed by atoms with Crippen LogP contribution in [0.2, 0.25) is 0 Å². The third-order valence-corrected chi connectivity index (χ3v) is 4.09. The van der Waals surface area contributed by atoms with Gasteiger partial charge in [0, 0.05) is 23.7 Å². The van der Waals surface area contributed by atoms with Crippen LogP contribution < -0.4 is 5.32 Å². The molecule has 1 saturated carbocycles. The van der Waals surface area contributed by atoms with Crippen molar-refractivity contribution in [3.05, 3.63) is 18.2 Å². The molecule has 1 amide bonds. The second-order valence-corrected chi connectivity index (χ2v) is 5.77. The molecule has 0 aromatic carbocycles. The average Bonchev–Trinajstić information content (AvgIpc) is 2.91. The van der Waals surface area contributed by atoms with Crippen molar-refractivity contribution >= 4 is 11.9 Å². The number of carboxylic acid groups (broad SMARTS) is 1. The number of carbonyl (C=O) groups is 2. The van der Waals surface area contributed by atoms with E-state index in [2.05, 4.69) is 15.3 Å². The molecule has 1 atom stereocenters. The monoisotopic (exact) mass is 279 g/mol. The van der Waals surface area contributed by atoms with Crippen LogP contribution in [0.1, 0.15) is 44.7 Å². The summed E-state index contributed by atoms with van der Waals surface area (Å²) < 4.78 is 0. The first-order valence-corrected chi connectivity index (χ1v) is 7.02. The number of carbonyl (C=O) groups excluding carboxylic acids is 1. The number of aromatic nitrogens is 2. The number of hydrogen-bond donors (Lipinski definition) is 3. The molecule has 6 heteroatoms. The van der Waals surface area contributed by atoms with Gasteiger partial charge in [0.2, 0.25) is 5.91 Å². The fraction of sp³-hybridized carbons (Fsp3) is 0.643. The molecule has 6 nitrogen and oxygen atoms in total. The summed E-state index contributed by atoms with van der Waals surface area (Å²) in [7, 11) is 0. The van der Waals surface area contributed by atoms with E-state index in [0.717, 1.165) is 32.1 Å². The van der Waals surface area contributed by atoms with Crippen LogP contribution in [0.4, 0.5) is 0 Å². The molecule has 0 unspecified atom stereocenters. The number of hydrogen-bond acceptors (Lipinski definition) is 3. The second-order valence-electron chi connectivity index (χ2n) is 5.77. The lowest BCUT2D eigenvalue weighted by Gasteiger charge is -2.33. The van der Waals surface area contributed by atoms with Crippen LogP contribution in [-0.4, -0.2) is 33.0 Å². The summed E-state index contributed by atoms with van der Waals surface area (Å²) in [5.41, 5.74) is 0.270. The molecule has 1 aromatic rings. The van der Waals surface area contributed by atoms with Crippen molar-refractivity contribution < 1.29 is 14.7 Å². The van der Waals surface area contributed by atoms with E-state index in [1.165, 1.54) is 6.33 Å². The fourth-order valence-electron chi connectivity index (χ4n) is 2.71. The van der Waals surface area contributed by atoms with E-state index in [0.29, 0.717) is 5.69 Å². The van der Waals surface area contributed by atoms with E-state index < -0.39 is 17.4 Å². The quantitative estimate of drug-likeness (QED) is 0.761. The summed E-state index contributed by atoms with van der Waals surface area (Å²) in [6.07, 6.45) is 8.16. The lowest BCUT2D eigenvalue weighted by molar-refractivity contribution is -0.144. The van der Waals surface area contributed by atoms with Crippen molar-refractivity contribution in [2.45, 2.75) is 51.5 Å². The third kappa shape index (κ3) is 3.37. The molecule has 1 aromatic heterocycles. The Labute approximate surface area is 118 Å². The van der Waals surface area contributed by atoms with Crippen LogP contribution >= 0.6 is 0 Å². The maximum Gasteiger partial charge on any atom is 0.326 e. The molecule has 3 N–H and O–H groups in total. The Hall–Kier alpha value is -1.85. The van der Waals surface area contributed by atoms with Crippen LogP contribution in [0, 0.1) is 5.41 Å². The average molecular weight is 279 g/mol. The summed E-state index contributed by atoms with van der Waals surface area (Å²) in [5, 5.41) is 11.9. The summed E-state index contributed by atoms with van der Waals surface area (Å²) in [6.45, 7) is 1.93. The highest BCUT2D eigenvalue weighted by Gasteiger charge is 2.36. The topological polar surface area (TPSA) is 95.1 Å². The van der Waals surface area contributed by atoms with Crippen molar-refractivity contribution in [2.75, 3.05) is 0 Å². The molecule has 0 radical (unpaired) electrons. The van der Waals surface area contributed by atoms with E-state index in [1.54, 1.807) is 6.20 Å². The number of aromatic amines is 1. The molecule has 0 spiro atoms. The highest BCUT2D eigenvalue weighted by atomic mass is 16.4. The zero-order valence-electron chi connectivity index (χ0n) is 11.7. The van der Waals surface area contributed by atoms with Gasteiger partial charge in [-0.2, -0.15) is 0 Å². The molecule has 20 heavy (non-hydrogen) atoms. The number of H-pyrrole nitrogens is 1. The second kappa shape index (κ2) is 6.07. The smallest absolute Gasteiger partial charge is 0.326 e. The van der Waals surface area contributed by atoms with Crippen molar-refractivity contribution in [1.82, 2.24) is 15.3 Å². The number of nitrogens with zero attached hydrogens (tertiary/aromatic N) is 1. The molecule has 1 aliphatic rings. The van der Waals surface area contributed by atoms with Gasteiger partial charge in [-0.15, -0.1) is 0 Å². The number of aliphatic carboxylic acids is 1. The van der Waals surface area contributed by atoms with E-state index >= 15 is 0 Å². The van der Waals surface area contributed by atoms with E-state index in [1.807, 2.05) is 6.92 Å². The van der Waals surface area contributed by atoms with Gasteiger partial charge in [-0.3, -0.25) is 4.79 Å². The van der Waals surface area contributed by atoms with Crippen molar-refractivity contribution in [3.63, 3.8) is 0 Å². The van der Waals surface area contributed by atoms with Crippen molar-refractivity contribution in [1.29, 1.82) is 0 Å². The van der Waals surface area contributed by atoms with Gasteiger partial charge in [-0.1, -0.05) is 26.2 Å². The number of rotatable bonds is 5. The minimum Gasteiger partial charge on any atom is -0.480 e. The first kappa shape index (κ1) is 14.6. The Morgan fingerprint density at radius 1 is 1.45 bits per heavy atom. The molecule has 1 heterocycles. The predicted octanol–water partition coefficient (Wildman–Crippen LogP) is 1.49. The SMILES string of the molecule is CC1(C(=O)N[C@H](Cc2cnc[nH]2)C(=O)O)CCCCC1. The zero-order valence-corrected chi connectivity index (χ0v) is 11.7. The van der Waals surface area contributed by atoms with Crippen LogP contribution in [0.3, 0.4) is 0 Å². The highest BCUT2D eigenvalue weighted by molar-refractivity contribution is 5.87. The van der Waals surface area contributed by atoms with Gasteiger partial charge in [0.15, 0.2) is 0 Å². The number of amides is 1. The Morgan fingerprint density at radius 3 is 2.70 bits per heavy atom. The molecular formula is C14H21N3O3. The highest BCUT2D eigenvalue weighted by Crippen LogP contribution is 2.35. The minimum absolute atomic E-state index is 0.149. The lowest BCUT2D eigenvalue weighted by atomic mass is 9.75. The number of imidazole rings is 1. The van der Waals surface area contributed by atoms with Crippen LogP contribution in [-0.2, 0) is 16.0 Å². The summed E-state index contributed by atoms with van der Waals surface area (Å²) in [4.78, 5) is 30.4. The zero-order chi connectivity index (χ0) is 14.6. The van der Waals surface area contributed by atoms with Crippen molar-refractivity contribution in [3.8, 4) is 0 Å². The standard InChI is InChI=1S/C14H21N3O3/c1-14(5-3-2-4-6-14)13(20)17-11(12(18)19)7-10-8-15-9-16-10/h8-9,11H,2-7H2,1H3,(H,15,16)(H,17,20)(H,18,19)/t11-/m1/s1. The van der Waals surface area contributed by atoms with Crippen LogP contribution in [0.25, 0.3) is 0 Å². The Balaban J connectivity index is 2.00. The first-order valence-electron chi connectivity index (χ1n) is 7.02. The normalized spacial score (nSPS) is 19.2. The van der Waals surface area contributed by atoms with Gasteiger partial charge in [-0.05, 0) is 12.8 Å². The summed E-state index contributed by atoms with van der Waals surface area (Å²) in [5.74, 6) is -1.17. The first-order chi connectivity index (χ1) is 9.51. The van der Waals surface area contributed by atoms with E-state index in [-0.39, 0.29) is 12.3 Å². The summed E-state index contributed by atoms with van der Waals surface area (Å²) in [6, 6.07) is -0.915. The molecule has 110 valence electrons. The fourth-order valence-corrected chi connectivity index (χ4v) is 2.71. The molecule has 0 saturated heterocycles. The molecule has 1 fully saturated rings. The molecular weight excluding hydrogens is 258 g/mol. The molecule has 0 aliphatic heterocycles. The van der Waals surface area contributed by atoms with Crippen molar-refractivity contribution in [2.24, 2.45) is 5.41 Å². The van der Waals surface area contributed by atoms with Crippen LogP contribution in [0.5, 0.6) is 0 Å². The molecule has 1 aliphatic carbocycles. The lowest BCUT2D eigenvalue weighted by Crippen LogP contribution is -2.49. The van der Waals surface area contributed by atoms with Gasteiger partial charge in [-0.25, -0.2) is 9.78 Å². The van der Waals surface area contributed by atoms with Gasteiger partial charge in [0.05, 0.1) is 6.33 Å². The number of nitrogens with one attached hydrogen (secondary N) is 2. The van der Waals surface area contributed by atoms with Gasteiger partial charge in [0.1, 0.15) is 6.04 Å². The van der Waals surface area contributed by atoms with Crippen LogP contribution in [0.15, 0.2) is 12.5 Å².